The molecule has 1 saturated heterocycles. The van der Waals surface area contributed by atoms with Gasteiger partial charge in [-0.3, -0.25) is 4.79 Å². The Labute approximate surface area is 195 Å². The molecule has 0 saturated carbocycles. The number of rotatable bonds is 10. The highest BCUT2D eigenvalue weighted by molar-refractivity contribution is 7.89. The molecule has 1 N–H and O–H groups in total. The van der Waals surface area contributed by atoms with Crippen molar-refractivity contribution < 1.29 is 17.9 Å². The number of aryl methyl sites for hydroxylation is 1. The number of ether oxygens (including phenoxy) is 1. The standard InChI is InChI=1S/C23H30ClN3O4S/c1-18-5-7-19(8-6-18)31-16-15-26(2)14-11-23(28)25-22-17-20(9-10-21(22)24)32(29,30)27-12-3-4-13-27/h5-10,17H,3-4,11-16H2,1-2H3,(H,25,28). The average Bonchev–Trinajstić information content (AvgIpc) is 3.31. The lowest BCUT2D eigenvalue weighted by molar-refractivity contribution is -0.116. The van der Waals surface area contributed by atoms with Gasteiger partial charge in [0.1, 0.15) is 12.4 Å². The molecule has 1 aliphatic rings. The van der Waals surface area contributed by atoms with E-state index in [1.807, 2.05) is 43.1 Å². The Balaban J connectivity index is 1.48. The number of likely N-dealkylation sites (N-methyl/N-ethyl adjacent to an activating group) is 1. The molecule has 174 valence electrons. The van der Waals surface area contributed by atoms with Gasteiger partial charge in [-0.25, -0.2) is 8.42 Å². The zero-order valence-corrected chi connectivity index (χ0v) is 20.1. The monoisotopic (exact) mass is 479 g/mol. The van der Waals surface area contributed by atoms with Gasteiger partial charge in [-0.05, 0) is 57.1 Å². The van der Waals surface area contributed by atoms with Crippen LogP contribution in [-0.2, 0) is 14.8 Å². The number of hydrogen-bond donors (Lipinski definition) is 1. The van der Waals surface area contributed by atoms with Crippen molar-refractivity contribution in [3.8, 4) is 5.75 Å². The number of carbonyl (C=O) groups excluding carboxylic acids is 1. The molecular weight excluding hydrogens is 450 g/mol. The van der Waals surface area contributed by atoms with Crippen LogP contribution in [-0.4, -0.2) is 63.4 Å². The van der Waals surface area contributed by atoms with Crippen molar-refractivity contribution >= 4 is 33.2 Å². The number of benzene rings is 2. The van der Waals surface area contributed by atoms with E-state index in [2.05, 4.69) is 5.32 Å². The summed E-state index contributed by atoms with van der Waals surface area (Å²) in [6, 6.07) is 12.3. The zero-order valence-electron chi connectivity index (χ0n) is 18.5. The lowest BCUT2D eigenvalue weighted by Gasteiger charge is -2.18. The summed E-state index contributed by atoms with van der Waals surface area (Å²) in [4.78, 5) is 14.6. The summed E-state index contributed by atoms with van der Waals surface area (Å²) >= 11 is 6.20. The van der Waals surface area contributed by atoms with Gasteiger partial charge >= 0.3 is 0 Å². The van der Waals surface area contributed by atoms with Crippen LogP contribution in [0.15, 0.2) is 47.4 Å². The first-order valence-electron chi connectivity index (χ1n) is 10.7. The highest BCUT2D eigenvalue weighted by Crippen LogP contribution is 2.28. The molecule has 0 radical (unpaired) electrons. The number of amides is 1. The fraction of sp³-hybridized carbons (Fsp3) is 0.435. The van der Waals surface area contributed by atoms with Crippen LogP contribution in [0.3, 0.4) is 0 Å². The van der Waals surface area contributed by atoms with E-state index in [0.717, 1.165) is 18.6 Å². The maximum atomic E-state index is 12.8. The van der Waals surface area contributed by atoms with Crippen LogP contribution < -0.4 is 10.1 Å². The normalized spacial score (nSPS) is 14.6. The number of sulfonamides is 1. The largest absolute Gasteiger partial charge is 0.492 e. The molecule has 2 aromatic rings. The number of carbonyl (C=O) groups is 1. The summed E-state index contributed by atoms with van der Waals surface area (Å²) in [6.07, 6.45) is 1.97. The van der Waals surface area contributed by atoms with Gasteiger partial charge in [0.2, 0.25) is 15.9 Å². The van der Waals surface area contributed by atoms with E-state index in [0.29, 0.717) is 43.5 Å². The van der Waals surface area contributed by atoms with E-state index in [-0.39, 0.29) is 17.2 Å². The Morgan fingerprint density at radius 3 is 2.50 bits per heavy atom. The lowest BCUT2D eigenvalue weighted by atomic mass is 10.2. The molecule has 1 aliphatic heterocycles. The van der Waals surface area contributed by atoms with Gasteiger partial charge in [0.25, 0.3) is 0 Å². The molecule has 9 heteroatoms. The Morgan fingerprint density at radius 1 is 1.12 bits per heavy atom. The minimum Gasteiger partial charge on any atom is -0.492 e. The van der Waals surface area contributed by atoms with Gasteiger partial charge in [0.15, 0.2) is 0 Å². The van der Waals surface area contributed by atoms with Gasteiger partial charge in [-0.2, -0.15) is 4.31 Å². The summed E-state index contributed by atoms with van der Waals surface area (Å²) < 4.78 is 32.7. The summed E-state index contributed by atoms with van der Waals surface area (Å²) in [5, 5.41) is 3.05. The van der Waals surface area contributed by atoms with E-state index in [4.69, 9.17) is 16.3 Å². The van der Waals surface area contributed by atoms with Crippen molar-refractivity contribution in [2.45, 2.75) is 31.1 Å². The van der Waals surface area contributed by atoms with Crippen LogP contribution in [0.4, 0.5) is 5.69 Å². The molecule has 0 aromatic heterocycles. The summed E-state index contributed by atoms with van der Waals surface area (Å²) in [6.45, 7) is 4.79. The number of halogens is 1. The van der Waals surface area contributed by atoms with Crippen LogP contribution in [0.1, 0.15) is 24.8 Å². The topological polar surface area (TPSA) is 79.0 Å². The molecular formula is C23H30ClN3O4S. The van der Waals surface area contributed by atoms with Gasteiger partial charge in [0, 0.05) is 32.6 Å². The molecule has 0 spiro atoms. The quantitative estimate of drug-likeness (QED) is 0.561. The maximum Gasteiger partial charge on any atom is 0.243 e. The van der Waals surface area contributed by atoms with Gasteiger partial charge in [-0.1, -0.05) is 29.3 Å². The summed E-state index contributed by atoms with van der Waals surface area (Å²) in [5.74, 6) is 0.592. The second-order valence-electron chi connectivity index (χ2n) is 8.02. The minimum atomic E-state index is -3.57. The van der Waals surface area contributed by atoms with Crippen LogP contribution in [0.25, 0.3) is 0 Å². The van der Waals surface area contributed by atoms with Crippen molar-refractivity contribution in [3.05, 3.63) is 53.1 Å². The number of hydrogen-bond acceptors (Lipinski definition) is 5. The van der Waals surface area contributed by atoms with Crippen LogP contribution >= 0.6 is 11.6 Å². The smallest absolute Gasteiger partial charge is 0.243 e. The van der Waals surface area contributed by atoms with Gasteiger partial charge < -0.3 is 15.0 Å². The molecule has 2 aromatic carbocycles. The number of anilines is 1. The van der Waals surface area contributed by atoms with Crippen molar-refractivity contribution in [1.82, 2.24) is 9.21 Å². The molecule has 0 aliphatic carbocycles. The average molecular weight is 480 g/mol. The molecule has 0 bridgehead atoms. The number of nitrogens with zero attached hydrogens (tertiary/aromatic N) is 2. The first-order valence-corrected chi connectivity index (χ1v) is 12.5. The van der Waals surface area contributed by atoms with Crippen molar-refractivity contribution in [1.29, 1.82) is 0 Å². The Bertz CT molecular complexity index is 1020. The third kappa shape index (κ3) is 6.68. The second-order valence-corrected chi connectivity index (χ2v) is 10.4. The van der Waals surface area contributed by atoms with E-state index in [1.165, 1.54) is 28.1 Å². The molecule has 7 nitrogen and oxygen atoms in total. The van der Waals surface area contributed by atoms with E-state index in [1.54, 1.807) is 0 Å². The van der Waals surface area contributed by atoms with Crippen LogP contribution in [0, 0.1) is 6.92 Å². The number of nitrogens with one attached hydrogen (secondary N) is 1. The SMILES string of the molecule is Cc1ccc(OCCN(C)CCC(=O)Nc2cc(S(=O)(=O)N3CCCC3)ccc2Cl)cc1. The predicted octanol–water partition coefficient (Wildman–Crippen LogP) is 3.77. The fourth-order valence-corrected chi connectivity index (χ4v) is 5.12. The first-order chi connectivity index (χ1) is 15.3. The Kier molecular flexibility index (Phi) is 8.53. The highest BCUT2D eigenvalue weighted by Gasteiger charge is 2.27. The lowest BCUT2D eigenvalue weighted by Crippen LogP contribution is -2.29. The predicted molar refractivity (Wildman–Crippen MR) is 127 cm³/mol. The van der Waals surface area contributed by atoms with Crippen molar-refractivity contribution in [2.75, 3.05) is 45.2 Å². The second kappa shape index (κ2) is 11.1. The molecule has 1 heterocycles. The van der Waals surface area contributed by atoms with Crippen LogP contribution in [0.5, 0.6) is 5.75 Å². The molecule has 32 heavy (non-hydrogen) atoms. The molecule has 1 fully saturated rings. The summed E-state index contributed by atoms with van der Waals surface area (Å²) in [5.41, 5.74) is 1.49. The minimum absolute atomic E-state index is 0.143. The van der Waals surface area contributed by atoms with Gasteiger partial charge in [-0.15, -0.1) is 0 Å². The molecule has 0 unspecified atom stereocenters. The van der Waals surface area contributed by atoms with E-state index in [9.17, 15) is 13.2 Å². The van der Waals surface area contributed by atoms with Crippen molar-refractivity contribution in [3.63, 3.8) is 0 Å². The van der Waals surface area contributed by atoms with Crippen molar-refractivity contribution in [2.24, 2.45) is 0 Å². The first kappa shape index (κ1) is 24.5. The van der Waals surface area contributed by atoms with Gasteiger partial charge in [0.05, 0.1) is 15.6 Å². The van der Waals surface area contributed by atoms with E-state index >= 15 is 0 Å². The Morgan fingerprint density at radius 2 is 1.81 bits per heavy atom. The zero-order chi connectivity index (χ0) is 23.1. The third-order valence-electron chi connectivity index (χ3n) is 5.40. The Hall–Kier alpha value is -2.13. The van der Waals surface area contributed by atoms with Crippen LogP contribution in [0.2, 0.25) is 5.02 Å². The molecule has 3 rings (SSSR count). The third-order valence-corrected chi connectivity index (χ3v) is 7.62. The summed E-state index contributed by atoms with van der Waals surface area (Å²) in [7, 11) is -1.66. The molecule has 0 atom stereocenters. The highest BCUT2D eigenvalue weighted by atomic mass is 35.5. The van der Waals surface area contributed by atoms with E-state index < -0.39 is 10.0 Å². The maximum absolute atomic E-state index is 12.8. The fourth-order valence-electron chi connectivity index (χ4n) is 3.41. The molecule has 1 amide bonds.